The lowest BCUT2D eigenvalue weighted by Crippen LogP contribution is -2.46. The molecule has 0 bridgehead atoms. The molecule has 31 heavy (non-hydrogen) atoms. The van der Waals surface area contributed by atoms with E-state index in [0.29, 0.717) is 6.54 Å². The van der Waals surface area contributed by atoms with E-state index in [4.69, 9.17) is 9.97 Å². The number of aromatic nitrogens is 2. The molecule has 3 aliphatic rings. The topological polar surface area (TPSA) is 55.8 Å². The molecular weight excluding hydrogens is 408 g/mol. The molecule has 3 aliphatic heterocycles. The van der Waals surface area contributed by atoms with E-state index in [2.05, 4.69) is 28.7 Å². The van der Waals surface area contributed by atoms with E-state index in [-0.39, 0.29) is 5.91 Å². The van der Waals surface area contributed by atoms with Crippen LogP contribution in [-0.4, -0.2) is 78.5 Å². The summed E-state index contributed by atoms with van der Waals surface area (Å²) < 4.78 is 0. The van der Waals surface area contributed by atoms with Crippen LogP contribution in [0.5, 0.6) is 0 Å². The third-order valence-electron chi connectivity index (χ3n) is 6.92. The van der Waals surface area contributed by atoms with Gasteiger partial charge in [-0.25, -0.2) is 4.98 Å². The van der Waals surface area contributed by atoms with Crippen molar-refractivity contribution in [1.82, 2.24) is 19.8 Å². The van der Waals surface area contributed by atoms with Crippen molar-refractivity contribution in [2.75, 3.05) is 62.7 Å². The third-order valence-corrected chi connectivity index (χ3v) is 7.77. The van der Waals surface area contributed by atoms with Gasteiger partial charge in [0.1, 0.15) is 5.82 Å². The van der Waals surface area contributed by atoms with Crippen LogP contribution in [0, 0.1) is 5.92 Å². The smallest absolute Gasteiger partial charge is 0.264 e. The number of likely N-dealkylation sites (N-methyl/N-ethyl adjacent to an activating group) is 1. The molecule has 5 heterocycles. The van der Waals surface area contributed by atoms with Crippen LogP contribution in [0.2, 0.25) is 0 Å². The van der Waals surface area contributed by atoms with Gasteiger partial charge in [-0.15, -0.1) is 11.3 Å². The molecule has 7 nitrogen and oxygen atoms in total. The summed E-state index contributed by atoms with van der Waals surface area (Å²) in [5.41, 5.74) is 2.29. The zero-order valence-corrected chi connectivity index (χ0v) is 19.4. The normalized spacial score (nSPS) is 20.8. The molecule has 0 N–H and O–H groups in total. The Hall–Kier alpha value is -2.19. The molecule has 0 radical (unpaired) electrons. The van der Waals surface area contributed by atoms with Gasteiger partial charge in [-0.05, 0) is 37.3 Å². The van der Waals surface area contributed by atoms with Gasteiger partial charge in [0.15, 0.2) is 0 Å². The number of piperazine rings is 1. The molecule has 0 saturated carbocycles. The van der Waals surface area contributed by atoms with E-state index in [0.717, 1.165) is 86.1 Å². The van der Waals surface area contributed by atoms with Gasteiger partial charge in [0.2, 0.25) is 5.95 Å². The first-order valence-corrected chi connectivity index (χ1v) is 12.4. The number of nitrogens with zero attached hydrogens (tertiary/aromatic N) is 6. The summed E-state index contributed by atoms with van der Waals surface area (Å²) >= 11 is 1.52. The van der Waals surface area contributed by atoms with Crippen LogP contribution in [0.1, 0.15) is 40.7 Å². The molecule has 8 heteroatoms. The Morgan fingerprint density at radius 3 is 2.52 bits per heavy atom. The number of piperidine rings is 1. The van der Waals surface area contributed by atoms with E-state index in [1.54, 1.807) is 0 Å². The summed E-state index contributed by atoms with van der Waals surface area (Å²) in [5, 5.41) is 1.97. The minimum atomic E-state index is 0.127. The van der Waals surface area contributed by atoms with E-state index < -0.39 is 0 Å². The van der Waals surface area contributed by atoms with Crippen molar-refractivity contribution in [3.63, 3.8) is 0 Å². The molecule has 0 spiro atoms. The molecule has 2 fully saturated rings. The summed E-state index contributed by atoms with van der Waals surface area (Å²) in [6.45, 7) is 9.75. The molecule has 2 aromatic rings. The molecule has 1 amide bonds. The lowest BCUT2D eigenvalue weighted by atomic mass is 9.98. The number of hydrogen-bond donors (Lipinski definition) is 0. The first-order chi connectivity index (χ1) is 15.1. The highest BCUT2D eigenvalue weighted by Crippen LogP contribution is 2.32. The zero-order valence-electron chi connectivity index (χ0n) is 18.6. The first-order valence-electron chi connectivity index (χ1n) is 11.5. The Kier molecular flexibility index (Phi) is 5.84. The lowest BCUT2D eigenvalue weighted by Gasteiger charge is -2.38. The number of amides is 1. The van der Waals surface area contributed by atoms with E-state index in [1.807, 2.05) is 22.4 Å². The Balaban J connectivity index is 1.46. The fraction of sp³-hybridized carbons (Fsp3) is 0.609. The quantitative estimate of drug-likeness (QED) is 0.732. The van der Waals surface area contributed by atoms with Gasteiger partial charge in [0.25, 0.3) is 5.91 Å². The average molecular weight is 441 g/mol. The van der Waals surface area contributed by atoms with Crippen molar-refractivity contribution in [2.24, 2.45) is 5.92 Å². The summed E-state index contributed by atoms with van der Waals surface area (Å²) in [5.74, 6) is 2.83. The molecular formula is C23H32N6OS. The van der Waals surface area contributed by atoms with Crippen molar-refractivity contribution in [1.29, 1.82) is 0 Å². The molecule has 2 saturated heterocycles. The van der Waals surface area contributed by atoms with E-state index >= 15 is 0 Å². The van der Waals surface area contributed by atoms with Crippen LogP contribution in [0.4, 0.5) is 11.8 Å². The van der Waals surface area contributed by atoms with E-state index in [1.165, 1.54) is 24.2 Å². The molecule has 0 unspecified atom stereocenters. The predicted octanol–water partition coefficient (Wildman–Crippen LogP) is 2.72. The highest BCUT2D eigenvalue weighted by molar-refractivity contribution is 7.12. The maximum absolute atomic E-state index is 13.0. The fourth-order valence-corrected chi connectivity index (χ4v) is 5.43. The minimum absolute atomic E-state index is 0.127. The van der Waals surface area contributed by atoms with Gasteiger partial charge in [-0.3, -0.25) is 4.79 Å². The molecule has 166 valence electrons. The summed E-state index contributed by atoms with van der Waals surface area (Å²) in [6, 6.07) is 3.87. The number of thiophene rings is 1. The molecule has 0 aliphatic carbocycles. The Morgan fingerprint density at radius 1 is 1.03 bits per heavy atom. The number of hydrogen-bond acceptors (Lipinski definition) is 7. The lowest BCUT2D eigenvalue weighted by molar-refractivity contribution is 0.0738. The number of fused-ring (bicyclic) bond motifs is 1. The van der Waals surface area contributed by atoms with Crippen LogP contribution >= 0.6 is 11.3 Å². The van der Waals surface area contributed by atoms with Crippen molar-refractivity contribution < 1.29 is 4.79 Å². The number of carbonyl (C=O) groups excluding carboxylic acids is 1. The highest BCUT2D eigenvalue weighted by atomic mass is 32.1. The Bertz CT molecular complexity index is 916. The maximum Gasteiger partial charge on any atom is 0.264 e. The van der Waals surface area contributed by atoms with Crippen molar-refractivity contribution >= 4 is 29.0 Å². The second-order valence-corrected chi connectivity index (χ2v) is 10.1. The Morgan fingerprint density at radius 2 is 1.81 bits per heavy atom. The molecule has 5 rings (SSSR count). The summed E-state index contributed by atoms with van der Waals surface area (Å²) in [7, 11) is 2.17. The van der Waals surface area contributed by atoms with Crippen LogP contribution < -0.4 is 9.80 Å². The van der Waals surface area contributed by atoms with Gasteiger partial charge in [-0.1, -0.05) is 13.0 Å². The second kappa shape index (κ2) is 8.74. The number of anilines is 2. The van der Waals surface area contributed by atoms with Gasteiger partial charge in [0.05, 0.1) is 17.1 Å². The molecule has 2 aromatic heterocycles. The standard InChI is InChI=1S/C23H32N6OS/c1-17-5-8-27(9-6-17)21-18-16-29(22(30)20-4-3-15-31-20)10-7-19(18)24-23(25-21)28-13-11-26(2)12-14-28/h3-4,15,17H,5-14,16H2,1-2H3. The maximum atomic E-state index is 13.0. The van der Waals surface area contributed by atoms with Crippen LogP contribution in [0.25, 0.3) is 0 Å². The third kappa shape index (κ3) is 4.28. The largest absolute Gasteiger partial charge is 0.356 e. The number of carbonyl (C=O) groups is 1. The van der Waals surface area contributed by atoms with E-state index in [9.17, 15) is 4.79 Å². The van der Waals surface area contributed by atoms with Gasteiger partial charge < -0.3 is 19.6 Å². The molecule has 0 atom stereocenters. The van der Waals surface area contributed by atoms with Crippen LogP contribution in [0.3, 0.4) is 0 Å². The predicted molar refractivity (Wildman–Crippen MR) is 125 cm³/mol. The molecule has 0 aromatic carbocycles. The average Bonchev–Trinajstić information content (AvgIpc) is 3.34. The van der Waals surface area contributed by atoms with Crippen molar-refractivity contribution in [3.8, 4) is 0 Å². The summed E-state index contributed by atoms with van der Waals surface area (Å²) in [4.78, 5) is 33.1. The second-order valence-electron chi connectivity index (χ2n) is 9.19. The Labute approximate surface area is 188 Å². The minimum Gasteiger partial charge on any atom is -0.356 e. The monoisotopic (exact) mass is 440 g/mol. The zero-order chi connectivity index (χ0) is 21.4. The first kappa shape index (κ1) is 20.7. The van der Waals surface area contributed by atoms with Gasteiger partial charge >= 0.3 is 0 Å². The summed E-state index contributed by atoms with van der Waals surface area (Å²) in [6.07, 6.45) is 3.19. The van der Waals surface area contributed by atoms with Crippen LogP contribution in [-0.2, 0) is 13.0 Å². The van der Waals surface area contributed by atoms with Crippen LogP contribution in [0.15, 0.2) is 17.5 Å². The van der Waals surface area contributed by atoms with Crippen molar-refractivity contribution in [3.05, 3.63) is 33.6 Å². The fourth-order valence-electron chi connectivity index (χ4n) is 4.74. The number of rotatable bonds is 3. The van der Waals surface area contributed by atoms with Crippen molar-refractivity contribution in [2.45, 2.75) is 32.7 Å². The van der Waals surface area contributed by atoms with Gasteiger partial charge in [-0.2, -0.15) is 4.98 Å². The SMILES string of the molecule is CC1CCN(c2nc(N3CCN(C)CC3)nc3c2CN(C(=O)c2cccs2)CC3)CC1. The van der Waals surface area contributed by atoms with Gasteiger partial charge in [0, 0.05) is 57.8 Å². The highest BCUT2D eigenvalue weighted by Gasteiger charge is 2.31.